The summed E-state index contributed by atoms with van der Waals surface area (Å²) in [6.07, 6.45) is 1.63. The van der Waals surface area contributed by atoms with Gasteiger partial charge in [-0.2, -0.15) is 4.98 Å². The number of nitrogens with zero attached hydrogens (tertiary/aromatic N) is 2. The molecule has 152 valence electrons. The first-order chi connectivity index (χ1) is 13.5. The number of hydrogen-bond acceptors (Lipinski definition) is 8. The highest BCUT2D eigenvalue weighted by Crippen LogP contribution is 2.22. The summed E-state index contributed by atoms with van der Waals surface area (Å²) in [6, 6.07) is 7.45. The van der Waals surface area contributed by atoms with Crippen molar-refractivity contribution < 1.29 is 19.4 Å². The number of esters is 1. The molecule has 28 heavy (non-hydrogen) atoms. The Balaban J connectivity index is 2.25. The zero-order valence-electron chi connectivity index (χ0n) is 16.8. The van der Waals surface area contributed by atoms with Gasteiger partial charge in [0.15, 0.2) is 0 Å². The van der Waals surface area contributed by atoms with E-state index < -0.39 is 5.97 Å². The fourth-order valence-electron chi connectivity index (χ4n) is 2.78. The zero-order chi connectivity index (χ0) is 20.5. The van der Waals surface area contributed by atoms with Gasteiger partial charge in [0.25, 0.3) is 0 Å². The van der Waals surface area contributed by atoms with Gasteiger partial charge in [-0.1, -0.05) is 25.5 Å². The largest absolute Gasteiger partial charge is 0.497 e. The van der Waals surface area contributed by atoms with Crippen molar-refractivity contribution in [2.24, 2.45) is 0 Å². The second kappa shape index (κ2) is 10.5. The summed E-state index contributed by atoms with van der Waals surface area (Å²) < 4.78 is 10.0. The molecule has 1 aromatic carbocycles. The highest BCUT2D eigenvalue weighted by Gasteiger charge is 2.21. The van der Waals surface area contributed by atoms with Crippen molar-refractivity contribution in [1.29, 1.82) is 0 Å². The molecule has 2 rings (SSSR count). The summed E-state index contributed by atoms with van der Waals surface area (Å²) in [6.45, 7) is 4.20. The van der Waals surface area contributed by atoms with Gasteiger partial charge in [-0.3, -0.25) is 0 Å². The maximum Gasteiger partial charge on any atom is 0.343 e. The van der Waals surface area contributed by atoms with E-state index in [1.807, 2.05) is 31.2 Å². The number of aliphatic hydroxyl groups is 1. The number of carbonyl (C=O) groups excluding carboxylic acids is 1. The van der Waals surface area contributed by atoms with E-state index in [1.54, 1.807) is 14.0 Å². The molecule has 0 bridgehead atoms. The first kappa shape index (κ1) is 21.4. The highest BCUT2D eigenvalue weighted by atomic mass is 16.5. The molecule has 0 aliphatic heterocycles. The minimum atomic E-state index is -0.519. The molecule has 3 N–H and O–H groups in total. The van der Waals surface area contributed by atoms with Crippen LogP contribution in [-0.2, 0) is 11.3 Å². The van der Waals surface area contributed by atoms with Crippen molar-refractivity contribution in [2.45, 2.75) is 39.3 Å². The zero-order valence-corrected chi connectivity index (χ0v) is 16.8. The predicted molar refractivity (Wildman–Crippen MR) is 108 cm³/mol. The molecule has 1 heterocycles. The van der Waals surface area contributed by atoms with Crippen LogP contribution in [0.3, 0.4) is 0 Å². The lowest BCUT2D eigenvalue weighted by molar-refractivity contribution is 0.0600. The van der Waals surface area contributed by atoms with Crippen LogP contribution in [0.5, 0.6) is 5.75 Å². The molecule has 8 nitrogen and oxygen atoms in total. The number of aromatic nitrogens is 2. The quantitative estimate of drug-likeness (QED) is 0.534. The third kappa shape index (κ3) is 5.56. The second-order valence-electron chi connectivity index (χ2n) is 6.36. The van der Waals surface area contributed by atoms with E-state index in [4.69, 9.17) is 9.47 Å². The monoisotopic (exact) mass is 388 g/mol. The molecule has 8 heteroatoms. The lowest BCUT2D eigenvalue weighted by atomic mass is 10.1. The Morgan fingerprint density at radius 3 is 2.50 bits per heavy atom. The van der Waals surface area contributed by atoms with Gasteiger partial charge in [-0.25, -0.2) is 9.78 Å². The van der Waals surface area contributed by atoms with E-state index in [-0.39, 0.29) is 18.2 Å². The van der Waals surface area contributed by atoms with Crippen molar-refractivity contribution in [1.82, 2.24) is 9.97 Å². The molecule has 0 aliphatic rings. The summed E-state index contributed by atoms with van der Waals surface area (Å²) in [4.78, 5) is 21.0. The maximum atomic E-state index is 12.2. The average molecular weight is 388 g/mol. The number of benzene rings is 1. The molecule has 2 aromatic rings. The maximum absolute atomic E-state index is 12.2. The van der Waals surface area contributed by atoms with Crippen molar-refractivity contribution in [2.75, 3.05) is 31.5 Å². The number of ether oxygens (including phenoxy) is 2. The second-order valence-corrected chi connectivity index (χ2v) is 6.36. The average Bonchev–Trinajstić information content (AvgIpc) is 2.71. The lowest BCUT2D eigenvalue weighted by Gasteiger charge is -2.19. The number of aliphatic hydroxyl groups excluding tert-OH is 1. The molecule has 0 saturated heterocycles. The molecule has 0 fully saturated rings. The Morgan fingerprint density at radius 2 is 1.93 bits per heavy atom. The standard InChI is InChI=1S/C20H28N4O4/c1-5-6-15(12-25)23-18-17(19(26)28-4)13(2)22-20(24-18)21-11-14-7-9-16(27-3)10-8-14/h7-10,15,25H,5-6,11-12H2,1-4H3,(H2,21,22,23,24)/t15-/m0/s1. The number of anilines is 2. The van der Waals surface area contributed by atoms with Gasteiger partial charge in [0.1, 0.15) is 17.1 Å². The molecule has 0 aliphatic carbocycles. The third-order valence-corrected chi connectivity index (χ3v) is 4.29. The molecule has 0 saturated carbocycles. The topological polar surface area (TPSA) is 106 Å². The van der Waals surface area contributed by atoms with Gasteiger partial charge >= 0.3 is 5.97 Å². The molecule has 1 aromatic heterocycles. The minimum Gasteiger partial charge on any atom is -0.497 e. The van der Waals surface area contributed by atoms with Crippen molar-refractivity contribution in [3.63, 3.8) is 0 Å². The molecular formula is C20H28N4O4. The van der Waals surface area contributed by atoms with Crippen LogP contribution in [0.2, 0.25) is 0 Å². The summed E-state index contributed by atoms with van der Waals surface area (Å²) in [5, 5.41) is 15.9. The first-order valence-electron chi connectivity index (χ1n) is 9.23. The number of hydrogen-bond donors (Lipinski definition) is 3. The molecule has 1 atom stereocenters. The highest BCUT2D eigenvalue weighted by molar-refractivity contribution is 5.96. The Hall–Kier alpha value is -2.87. The van der Waals surface area contributed by atoms with E-state index in [2.05, 4.69) is 20.6 Å². The molecule has 0 spiro atoms. The van der Waals surface area contributed by atoms with E-state index in [0.29, 0.717) is 24.0 Å². The number of carbonyl (C=O) groups is 1. The molecule has 0 radical (unpaired) electrons. The summed E-state index contributed by atoms with van der Waals surface area (Å²) in [7, 11) is 2.94. The van der Waals surface area contributed by atoms with Gasteiger partial charge in [0.2, 0.25) is 5.95 Å². The fourth-order valence-corrected chi connectivity index (χ4v) is 2.78. The Kier molecular flexibility index (Phi) is 8.01. The fraction of sp³-hybridized carbons (Fsp3) is 0.450. The Bertz CT molecular complexity index is 781. The van der Waals surface area contributed by atoms with Crippen molar-refractivity contribution in [3.05, 3.63) is 41.1 Å². The minimum absolute atomic E-state index is 0.0634. The smallest absolute Gasteiger partial charge is 0.343 e. The van der Waals surface area contributed by atoms with Gasteiger partial charge in [0.05, 0.1) is 32.6 Å². The van der Waals surface area contributed by atoms with Crippen LogP contribution in [-0.4, -0.2) is 47.9 Å². The van der Waals surface area contributed by atoms with E-state index >= 15 is 0 Å². The van der Waals surface area contributed by atoms with Crippen LogP contribution in [0.1, 0.15) is 41.4 Å². The van der Waals surface area contributed by atoms with Crippen LogP contribution in [0, 0.1) is 6.92 Å². The molecule has 0 amide bonds. The van der Waals surface area contributed by atoms with Crippen LogP contribution >= 0.6 is 0 Å². The third-order valence-electron chi connectivity index (χ3n) is 4.29. The van der Waals surface area contributed by atoms with Gasteiger partial charge in [-0.15, -0.1) is 0 Å². The van der Waals surface area contributed by atoms with Gasteiger partial charge < -0.3 is 25.2 Å². The van der Waals surface area contributed by atoms with Crippen molar-refractivity contribution in [3.8, 4) is 5.75 Å². The Labute approximate surface area is 165 Å². The summed E-state index contributed by atoms with van der Waals surface area (Å²) in [5.41, 5.74) is 1.80. The SMILES string of the molecule is CCC[C@@H](CO)Nc1nc(NCc2ccc(OC)cc2)nc(C)c1C(=O)OC. The Morgan fingerprint density at radius 1 is 1.21 bits per heavy atom. The van der Waals surface area contributed by atoms with Crippen molar-refractivity contribution >= 4 is 17.7 Å². The lowest BCUT2D eigenvalue weighted by Crippen LogP contribution is -2.26. The first-order valence-corrected chi connectivity index (χ1v) is 9.23. The van der Waals surface area contributed by atoms with Crippen LogP contribution in [0.15, 0.2) is 24.3 Å². The number of methoxy groups -OCH3 is 2. The van der Waals surface area contributed by atoms with E-state index in [9.17, 15) is 9.90 Å². The molecule has 0 unspecified atom stereocenters. The predicted octanol–water partition coefficient (Wildman–Crippen LogP) is 2.77. The van der Waals surface area contributed by atoms with E-state index in [1.165, 1.54) is 7.11 Å². The number of rotatable bonds is 10. The molecular weight excluding hydrogens is 360 g/mol. The summed E-state index contributed by atoms with van der Waals surface area (Å²) in [5.74, 6) is 1.01. The van der Waals surface area contributed by atoms with Crippen LogP contribution in [0.4, 0.5) is 11.8 Å². The van der Waals surface area contributed by atoms with Gasteiger partial charge in [-0.05, 0) is 31.0 Å². The number of aryl methyl sites for hydroxylation is 1. The van der Waals surface area contributed by atoms with Crippen LogP contribution < -0.4 is 15.4 Å². The number of nitrogens with one attached hydrogen (secondary N) is 2. The van der Waals surface area contributed by atoms with E-state index in [0.717, 1.165) is 24.2 Å². The van der Waals surface area contributed by atoms with Crippen LogP contribution in [0.25, 0.3) is 0 Å². The summed E-state index contributed by atoms with van der Waals surface area (Å²) >= 11 is 0. The normalized spacial score (nSPS) is 11.6. The van der Waals surface area contributed by atoms with Gasteiger partial charge in [0, 0.05) is 6.54 Å².